The van der Waals surface area contributed by atoms with Gasteiger partial charge in [0.15, 0.2) is 0 Å². The Morgan fingerprint density at radius 3 is 1.41 bits per heavy atom. The van der Waals surface area contributed by atoms with Gasteiger partial charge >= 0.3 is 0 Å². The van der Waals surface area contributed by atoms with Crippen LogP contribution in [-0.4, -0.2) is 56.8 Å². The van der Waals surface area contributed by atoms with Gasteiger partial charge in [0, 0.05) is 23.5 Å². The van der Waals surface area contributed by atoms with Crippen LogP contribution >= 0.6 is 0 Å². The third-order valence-corrected chi connectivity index (χ3v) is 6.27. The lowest BCUT2D eigenvalue weighted by Gasteiger charge is -2.07. The molecule has 0 unspecified atom stereocenters. The second-order valence-electron chi connectivity index (χ2n) is 6.51. The molecule has 14 heteroatoms. The summed E-state index contributed by atoms with van der Waals surface area (Å²) >= 11 is 0. The van der Waals surface area contributed by atoms with Gasteiger partial charge in [0.05, 0.1) is 0 Å². The molecule has 0 bridgehead atoms. The molecule has 2 aromatic heterocycles. The van der Waals surface area contributed by atoms with Crippen molar-refractivity contribution in [2.75, 3.05) is 0 Å². The zero-order valence-corrected chi connectivity index (χ0v) is 17.5. The van der Waals surface area contributed by atoms with Crippen LogP contribution in [-0.2, 0) is 20.2 Å². The minimum absolute atomic E-state index is 0.0848. The molecule has 0 spiro atoms. The molecule has 0 aliphatic carbocycles. The van der Waals surface area contributed by atoms with Crippen LogP contribution in [0.3, 0.4) is 0 Å². The fraction of sp³-hybridized carbons (Fsp3) is 0. The number of aromatic amines is 2. The largest absolute Gasteiger partial charge is 0.295 e. The van der Waals surface area contributed by atoms with E-state index in [2.05, 4.69) is 30.8 Å². The first kappa shape index (κ1) is 21.5. The summed E-state index contributed by atoms with van der Waals surface area (Å²) in [5.74, 6) is 0. The van der Waals surface area contributed by atoms with Crippen molar-refractivity contribution in [1.82, 2.24) is 30.8 Å². The molecule has 4 rings (SSSR count). The van der Waals surface area contributed by atoms with Crippen LogP contribution in [0.5, 0.6) is 0 Å². The van der Waals surface area contributed by atoms with Gasteiger partial charge in [-0.1, -0.05) is 46.8 Å². The molecule has 0 saturated heterocycles. The lowest BCUT2D eigenvalue weighted by Crippen LogP contribution is -2.02. The Morgan fingerprint density at radius 2 is 1.09 bits per heavy atom. The highest BCUT2D eigenvalue weighted by Gasteiger charge is 2.18. The van der Waals surface area contributed by atoms with Gasteiger partial charge in [0.2, 0.25) is 0 Å². The standard InChI is InChI=1S/C18H14N6O6S2/c25-31(26,27)17-7-13(15-9-19-23-21-15)5-3-11(17)1-2-12-4-6-14(16-10-20-24-22-16)8-18(12)32(28,29)30/h1-10H,(H,19,21,23)(H,20,22,24)(H,25,26,27)(H,28,29,30)/b2-1+. The van der Waals surface area contributed by atoms with Gasteiger partial charge in [0.25, 0.3) is 20.2 Å². The number of hydrogen-bond donors (Lipinski definition) is 4. The fourth-order valence-corrected chi connectivity index (χ4v) is 4.39. The zero-order chi connectivity index (χ0) is 22.9. The van der Waals surface area contributed by atoms with Gasteiger partial charge in [-0.2, -0.15) is 16.8 Å². The van der Waals surface area contributed by atoms with Crippen LogP contribution in [0.1, 0.15) is 11.1 Å². The van der Waals surface area contributed by atoms with E-state index in [0.29, 0.717) is 22.5 Å². The predicted molar refractivity (Wildman–Crippen MR) is 112 cm³/mol. The molecule has 0 aliphatic heterocycles. The smallest absolute Gasteiger partial charge is 0.282 e. The van der Waals surface area contributed by atoms with Crippen molar-refractivity contribution in [1.29, 1.82) is 0 Å². The van der Waals surface area contributed by atoms with Crippen LogP contribution in [0.2, 0.25) is 0 Å². The molecule has 12 nitrogen and oxygen atoms in total. The van der Waals surface area contributed by atoms with E-state index in [1.807, 2.05) is 0 Å². The predicted octanol–water partition coefficient (Wildman–Crippen LogP) is 1.92. The molecule has 164 valence electrons. The molecule has 0 radical (unpaired) electrons. The first-order valence-electron chi connectivity index (χ1n) is 8.78. The Kier molecular flexibility index (Phi) is 5.43. The quantitative estimate of drug-likeness (QED) is 0.237. The number of aromatic nitrogens is 6. The average molecular weight is 474 g/mol. The van der Waals surface area contributed by atoms with Crippen molar-refractivity contribution in [3.05, 3.63) is 59.9 Å². The Bertz CT molecular complexity index is 1400. The second kappa shape index (κ2) is 8.08. The van der Waals surface area contributed by atoms with Gasteiger partial charge in [-0.25, -0.2) is 0 Å². The minimum Gasteiger partial charge on any atom is -0.282 e. The van der Waals surface area contributed by atoms with Crippen LogP contribution < -0.4 is 0 Å². The van der Waals surface area contributed by atoms with Crippen molar-refractivity contribution in [2.24, 2.45) is 0 Å². The maximum Gasteiger partial charge on any atom is 0.295 e. The van der Waals surface area contributed by atoms with Crippen LogP contribution in [0.15, 0.2) is 58.6 Å². The molecule has 0 fully saturated rings. The summed E-state index contributed by atoms with van der Waals surface area (Å²) in [5, 5.41) is 19.7. The lowest BCUT2D eigenvalue weighted by atomic mass is 10.1. The topological polar surface area (TPSA) is 192 Å². The summed E-state index contributed by atoms with van der Waals surface area (Å²) in [5.41, 5.74) is 1.67. The Morgan fingerprint density at radius 1 is 0.688 bits per heavy atom. The Balaban J connectivity index is 1.79. The maximum atomic E-state index is 11.9. The summed E-state index contributed by atoms with van der Waals surface area (Å²) in [6.45, 7) is 0. The van der Waals surface area contributed by atoms with E-state index in [1.165, 1.54) is 48.8 Å². The Labute approximate surface area is 181 Å². The van der Waals surface area contributed by atoms with Crippen LogP contribution in [0.4, 0.5) is 0 Å². The van der Waals surface area contributed by atoms with E-state index in [4.69, 9.17) is 0 Å². The van der Waals surface area contributed by atoms with Crippen LogP contribution in [0, 0.1) is 0 Å². The minimum atomic E-state index is -4.62. The third kappa shape index (κ3) is 4.47. The van der Waals surface area contributed by atoms with Crippen molar-refractivity contribution in [3.63, 3.8) is 0 Å². The number of nitrogens with zero attached hydrogens (tertiary/aromatic N) is 4. The van der Waals surface area contributed by atoms with Crippen LogP contribution in [0.25, 0.3) is 34.7 Å². The summed E-state index contributed by atoms with van der Waals surface area (Å²) in [7, 11) is -9.24. The highest BCUT2D eigenvalue weighted by molar-refractivity contribution is 7.86. The summed E-state index contributed by atoms with van der Waals surface area (Å²) < 4.78 is 67.0. The second-order valence-corrected chi connectivity index (χ2v) is 9.29. The molecule has 4 N–H and O–H groups in total. The van der Waals surface area contributed by atoms with Crippen molar-refractivity contribution in [2.45, 2.75) is 9.79 Å². The van der Waals surface area contributed by atoms with Crippen molar-refractivity contribution < 1.29 is 25.9 Å². The first-order chi connectivity index (χ1) is 15.1. The number of rotatable bonds is 6. The van der Waals surface area contributed by atoms with Gasteiger partial charge in [0.1, 0.15) is 21.2 Å². The van der Waals surface area contributed by atoms with Crippen molar-refractivity contribution in [3.8, 4) is 22.5 Å². The highest BCUT2D eigenvalue weighted by Crippen LogP contribution is 2.28. The lowest BCUT2D eigenvalue weighted by molar-refractivity contribution is 0.480. The number of nitrogens with one attached hydrogen (secondary N) is 2. The first-order valence-corrected chi connectivity index (χ1v) is 11.7. The van der Waals surface area contributed by atoms with E-state index >= 15 is 0 Å². The van der Waals surface area contributed by atoms with E-state index < -0.39 is 30.0 Å². The van der Waals surface area contributed by atoms with Crippen molar-refractivity contribution >= 4 is 32.4 Å². The third-order valence-electron chi connectivity index (χ3n) is 4.45. The zero-order valence-electron chi connectivity index (χ0n) is 15.9. The molecule has 0 atom stereocenters. The maximum absolute atomic E-state index is 11.9. The number of benzene rings is 2. The molecule has 4 aromatic rings. The van der Waals surface area contributed by atoms with E-state index in [1.54, 1.807) is 12.1 Å². The summed E-state index contributed by atoms with van der Waals surface area (Å²) in [4.78, 5) is -0.830. The normalized spacial score (nSPS) is 12.4. The summed E-state index contributed by atoms with van der Waals surface area (Å²) in [6, 6.07) is 8.38. The molecular weight excluding hydrogens is 460 g/mol. The van der Waals surface area contributed by atoms with E-state index in [-0.39, 0.29) is 11.1 Å². The molecular formula is C18H14N6O6S2. The highest BCUT2D eigenvalue weighted by atomic mass is 32.2. The molecule has 0 saturated carbocycles. The summed E-state index contributed by atoms with van der Waals surface area (Å²) in [6.07, 6.45) is 5.51. The van der Waals surface area contributed by atoms with Gasteiger partial charge in [-0.15, -0.1) is 10.2 Å². The monoisotopic (exact) mass is 474 g/mol. The van der Waals surface area contributed by atoms with E-state index in [0.717, 1.165) is 0 Å². The molecule has 0 amide bonds. The molecule has 32 heavy (non-hydrogen) atoms. The van der Waals surface area contributed by atoms with Gasteiger partial charge in [-0.05, 0) is 23.3 Å². The van der Waals surface area contributed by atoms with Gasteiger partial charge < -0.3 is 0 Å². The molecule has 0 aliphatic rings. The SMILES string of the molecule is O=S(=O)(O)c1cc(-c2c[nH]nn2)ccc1/C=C/c1ccc(-c2c[nH]nn2)cc1S(=O)(=O)O. The number of H-pyrrole nitrogens is 2. The number of hydrogen-bond acceptors (Lipinski definition) is 8. The fourth-order valence-electron chi connectivity index (χ4n) is 2.97. The van der Waals surface area contributed by atoms with E-state index in [9.17, 15) is 25.9 Å². The molecule has 2 heterocycles. The Hall–Kier alpha value is -3.72. The molecule has 2 aromatic carbocycles. The average Bonchev–Trinajstić information content (AvgIpc) is 3.45. The van der Waals surface area contributed by atoms with Gasteiger partial charge in [-0.3, -0.25) is 19.3 Å².